The summed E-state index contributed by atoms with van der Waals surface area (Å²) in [5, 5.41) is 65.2. The van der Waals surface area contributed by atoms with Gasteiger partial charge in [0.25, 0.3) is 11.8 Å². The molecule has 43 heteroatoms. The van der Waals surface area contributed by atoms with E-state index in [1.54, 1.807) is 44.2 Å². The van der Waals surface area contributed by atoms with E-state index >= 15 is 0 Å². The molecule has 5 aromatic carbocycles. The van der Waals surface area contributed by atoms with Crippen molar-refractivity contribution in [2.45, 2.75) is 141 Å². The summed E-state index contributed by atoms with van der Waals surface area (Å²) in [7, 11) is 0. The van der Waals surface area contributed by atoms with Gasteiger partial charge in [0, 0.05) is 124 Å². The number of amides is 13. The number of thioether (sulfide) groups is 1. The number of phenols is 1. The topological polar surface area (TPSA) is 648 Å². The second-order valence-corrected chi connectivity index (χ2v) is 34.3. The lowest BCUT2D eigenvalue weighted by atomic mass is 9.90. The van der Waals surface area contributed by atoms with Gasteiger partial charge in [-0.2, -0.15) is 26.7 Å². The number of ether oxygens (including phenoxy) is 1. The molecule has 2 bridgehead atoms. The highest BCUT2D eigenvalue weighted by atomic mass is 32.2. The Kier molecular flexibility index (Phi) is 33.1. The van der Waals surface area contributed by atoms with Crippen molar-refractivity contribution >= 4 is 152 Å². The highest BCUT2D eigenvalue weighted by Crippen LogP contribution is 2.43. The lowest BCUT2D eigenvalue weighted by Gasteiger charge is -2.34. The Morgan fingerprint density at radius 2 is 1.24 bits per heavy atom. The van der Waals surface area contributed by atoms with Crippen LogP contribution in [0.25, 0.3) is 33.4 Å². The zero-order valence-corrected chi connectivity index (χ0v) is 75.0. The molecule has 1 aliphatic carbocycles. The predicted molar refractivity (Wildman–Crippen MR) is 498 cm³/mol. The molecule has 0 radical (unpaired) electrons. The summed E-state index contributed by atoms with van der Waals surface area (Å²) >= 11 is 1.17. The highest BCUT2D eigenvalue weighted by Gasteiger charge is 2.37. The van der Waals surface area contributed by atoms with E-state index in [1.807, 2.05) is 23.6 Å². The summed E-state index contributed by atoms with van der Waals surface area (Å²) in [5.74, 6) is -12.2. The fraction of sp³-hybridized carbons (Fsp3) is 0.396. The van der Waals surface area contributed by atoms with Crippen molar-refractivity contribution in [2.75, 3.05) is 95.7 Å². The summed E-state index contributed by atoms with van der Waals surface area (Å²) in [5.41, 5.74) is 24.6. The first-order valence-electron chi connectivity index (χ1n) is 44.0. The number of piperidine rings is 2. The smallest absolute Gasteiger partial charge is 0.336 e. The lowest BCUT2D eigenvalue weighted by Crippen LogP contribution is -2.56. The number of hydrogen-bond donors (Lipinski definition) is 20. The molecule has 2 saturated heterocycles. The number of nitrogens with zero attached hydrogens (tertiary/aromatic N) is 5. The number of carbonyl (C=O) groups is 14. The largest absolute Gasteiger partial charge is 0.508 e. The summed E-state index contributed by atoms with van der Waals surface area (Å²) in [4.78, 5) is 223. The Labute approximate surface area is 772 Å². The van der Waals surface area contributed by atoms with Gasteiger partial charge >= 0.3 is 5.97 Å². The molecule has 0 spiro atoms. The van der Waals surface area contributed by atoms with Gasteiger partial charge in [-0.15, -0.1) is 0 Å². The summed E-state index contributed by atoms with van der Waals surface area (Å²) in [6.07, 6.45) is 3.21. The molecule has 6 heterocycles. The molecule has 1 aromatic heterocycles. The fourth-order valence-corrected chi connectivity index (χ4v) is 16.9. The van der Waals surface area contributed by atoms with E-state index in [9.17, 15) is 82.1 Å². The van der Waals surface area contributed by atoms with E-state index in [0.29, 0.717) is 59.9 Å². The number of guanidine groups is 1. The van der Waals surface area contributed by atoms with Crippen LogP contribution in [-0.4, -0.2) is 209 Å². The molecule has 24 N–H and O–H groups in total. The maximum Gasteiger partial charge on any atom is 0.336 e. The van der Waals surface area contributed by atoms with Crippen molar-refractivity contribution in [1.29, 1.82) is 5.41 Å². The zero-order chi connectivity index (χ0) is 96.1. The Hall–Kier alpha value is -15.0. The molecule has 134 heavy (non-hydrogen) atoms. The third-order valence-corrected chi connectivity index (χ3v) is 24.8. The number of nitrogens with one attached hydrogen (secondary N) is 14. The Bertz CT molecular complexity index is 5860. The number of nitrogens with two attached hydrogens (primary N) is 4. The Morgan fingerprint density at radius 1 is 0.619 bits per heavy atom. The van der Waals surface area contributed by atoms with Gasteiger partial charge in [0.15, 0.2) is 11.4 Å². The summed E-state index contributed by atoms with van der Waals surface area (Å²) in [6.45, 7) is 6.61. The van der Waals surface area contributed by atoms with Crippen LogP contribution in [0.1, 0.15) is 151 Å². The van der Waals surface area contributed by atoms with Gasteiger partial charge in [0.2, 0.25) is 82.8 Å². The van der Waals surface area contributed by atoms with Crippen molar-refractivity contribution in [3.8, 4) is 33.9 Å². The van der Waals surface area contributed by atoms with Gasteiger partial charge in [0.1, 0.15) is 59.7 Å². The van der Waals surface area contributed by atoms with Crippen LogP contribution in [0.4, 0.5) is 40.6 Å². The number of primary amides is 2. The molecule has 6 aliphatic rings. The number of benzene rings is 6. The average Bonchev–Trinajstić information content (AvgIpc) is 0.744. The van der Waals surface area contributed by atoms with E-state index < -0.39 is 156 Å². The molecule has 6 aromatic rings. The second-order valence-electron chi connectivity index (χ2n) is 33.3. The minimum atomic E-state index is -1.33. The number of carbonyl (C=O) groups excluding carboxylic acids is 13. The number of aromatic nitrogens is 3. The van der Waals surface area contributed by atoms with Crippen LogP contribution in [0, 0.1) is 29.1 Å². The minimum absolute atomic E-state index is 0.00374. The van der Waals surface area contributed by atoms with Crippen LogP contribution in [0.3, 0.4) is 0 Å². The molecular weight excluding hydrogens is 1750 g/mol. The Balaban J connectivity index is 0.737. The molecule has 12 rings (SSSR count). The SMILES string of the molecule is CC[C@H](C)[C@@H]1NC(=O)c2cc(cc(NC(=O)CNC(=O)C3CCN(c4nc(Nc5ccc(-c6c7ccc(=O)cc-7oc7cc(O)ccc67)c(C(=O)O)c5)nc(N5CCC(C(=O)NCC(=O)Nc6ccc7c(c6)C(=O)N[C@@H]([C@@H](C)CC)C(=O)N[C@@H](CCCNC(=N)N)C(=O)Nc6cc(C(N)=O)ccc6CO7)CC5)n4)CC3)c2)CSC[C@@H](C(N)=O)NC(=O)CNC(=O)[C@H](CCCCN)NC1=O. The van der Waals surface area contributed by atoms with Gasteiger partial charge in [0.05, 0.1) is 30.8 Å². The number of hydrogen-bond acceptors (Lipinski definition) is 27. The van der Waals surface area contributed by atoms with Crippen molar-refractivity contribution in [3.05, 3.63) is 153 Å². The van der Waals surface area contributed by atoms with Crippen LogP contribution in [0.5, 0.6) is 11.5 Å². The molecule has 708 valence electrons. The second kappa shape index (κ2) is 45.2. The monoisotopic (exact) mass is 1860 g/mol. The molecular formula is C91H109N23O19S. The quantitative estimate of drug-likeness (QED) is 0.0144. The van der Waals surface area contributed by atoms with E-state index in [2.05, 4.69) is 69.1 Å². The van der Waals surface area contributed by atoms with E-state index in [-0.39, 0.29) is 198 Å². The van der Waals surface area contributed by atoms with Gasteiger partial charge in [-0.05, 0) is 172 Å². The van der Waals surface area contributed by atoms with Gasteiger partial charge in [-0.1, -0.05) is 52.7 Å². The van der Waals surface area contributed by atoms with E-state index in [1.165, 1.54) is 90.6 Å². The zero-order valence-electron chi connectivity index (χ0n) is 74.1. The maximum absolute atomic E-state index is 14.6. The minimum Gasteiger partial charge on any atom is -0.508 e. The third-order valence-electron chi connectivity index (χ3n) is 23.7. The first-order valence-corrected chi connectivity index (χ1v) is 45.2. The molecule has 42 nitrogen and oxygen atoms in total. The van der Waals surface area contributed by atoms with Crippen molar-refractivity contribution in [2.24, 2.45) is 46.6 Å². The van der Waals surface area contributed by atoms with Gasteiger partial charge in [-0.25, -0.2) is 4.79 Å². The number of fused-ring (bicyclic) bond motifs is 6. The number of phenolic OH excluding ortho intramolecular Hbond substituents is 1. The molecule has 5 aliphatic heterocycles. The van der Waals surface area contributed by atoms with Crippen LogP contribution in [-0.2, 0) is 60.3 Å². The van der Waals surface area contributed by atoms with Crippen molar-refractivity contribution < 1.29 is 86.5 Å². The molecule has 7 atom stereocenters. The van der Waals surface area contributed by atoms with E-state index in [4.69, 9.17) is 52.4 Å². The number of unbranched alkanes of at least 4 members (excludes halogenated alkanes) is 1. The van der Waals surface area contributed by atoms with Crippen LogP contribution in [0.15, 0.2) is 118 Å². The number of carboxylic acid groups (broad SMARTS) is 1. The number of anilines is 7. The fourth-order valence-electron chi connectivity index (χ4n) is 15.9. The number of carboxylic acids is 1. The predicted octanol–water partition coefficient (Wildman–Crippen LogP) is 3.45. The molecule has 0 saturated carbocycles. The molecule has 0 unspecified atom stereocenters. The van der Waals surface area contributed by atoms with Gasteiger partial charge < -0.3 is 121 Å². The molecule has 13 amide bonds. The normalized spacial score (nSPS) is 18.5. The number of aromatic hydroxyl groups is 1. The van der Waals surface area contributed by atoms with Crippen molar-refractivity contribution in [3.63, 3.8) is 0 Å². The Morgan fingerprint density at radius 3 is 1.86 bits per heavy atom. The van der Waals surface area contributed by atoms with Crippen LogP contribution >= 0.6 is 11.8 Å². The number of rotatable bonds is 28. The summed E-state index contributed by atoms with van der Waals surface area (Å²) in [6, 6.07) is 20.2. The third kappa shape index (κ3) is 25.6. The molecule has 2 fully saturated rings. The van der Waals surface area contributed by atoms with E-state index in [0.717, 1.165) is 0 Å². The van der Waals surface area contributed by atoms with Crippen LogP contribution in [0.2, 0.25) is 0 Å². The standard InChI is InChI=1S/C91H109N23O19S/c1-5-46(3)75-85(128)105-64(10-7-8-26-92)83(126)100-42-73(119)104-67(78(94)121)45-134-44-48-32-53(81(124)108-75)34-56(33-48)102-72(118)41-99-80(123)50-24-30-114(31-25-50)91-111-89(103-55-14-18-59(62(36-55)87(130)131)74-60-19-16-57(115)38-69(60)133-70-39-58(116)17-20-61(70)74)110-90(112-91)113-28-22-49(23-29-113)79(122)98-40-71(117)101-54-15-21-68-63(37-54)82(125)109-76(47(4)6-2)86(129)106-65(11-9-27-97-88(95)96)84(127)107-66-35-51(77(93)120)12-13-52(66)43-132-68/h12-21,32-39,46-47,49-50,64-65,67,75-76,115H,5-11,22-31,40-45,92H2,1-4H3,(H2,93,120)(H2,94,121)(H,98,122)(H,99,123)(H,100,126)(H,101,117)(H,102,118)(H,104,119)(H,105,128)(H,106,129)(H,107,127)(H,108,124)(H,109,125)(H,130,131)(H4,95,96,97)(H,103,110,111,112)/t46-,47-,64-,65-,67-,75-,76-/m0/s1. The first-order chi connectivity index (χ1) is 64.2. The summed E-state index contributed by atoms with van der Waals surface area (Å²) < 4.78 is 12.3. The number of aromatic carboxylic acids is 1. The average molecular weight is 1860 g/mol. The van der Waals surface area contributed by atoms with Crippen LogP contribution < -0.4 is 112 Å². The van der Waals surface area contributed by atoms with Gasteiger partial charge in [-0.3, -0.25) is 72.5 Å². The van der Waals surface area contributed by atoms with Crippen molar-refractivity contribution in [1.82, 2.24) is 62.8 Å². The first kappa shape index (κ1) is 98.0. The maximum atomic E-state index is 14.6. The lowest BCUT2D eigenvalue weighted by molar-refractivity contribution is -0.132. The highest BCUT2D eigenvalue weighted by molar-refractivity contribution is 7.98.